The van der Waals surface area contributed by atoms with E-state index in [0.717, 1.165) is 94.1 Å². The largest absolute Gasteiger partial charge is 0.456 e. The van der Waals surface area contributed by atoms with E-state index in [0.29, 0.717) is 0 Å². The van der Waals surface area contributed by atoms with Gasteiger partial charge in [-0.05, 0) is 102 Å². The smallest absolute Gasteiger partial charge is 0.135 e. The third-order valence-electron chi connectivity index (χ3n) is 13.8. The molecular weight excluding hydrogens is 795 g/mol. The Hall–Kier alpha value is -8.80. The van der Waals surface area contributed by atoms with Crippen LogP contribution in [0.3, 0.4) is 0 Å². The number of furan rings is 2. The van der Waals surface area contributed by atoms with Crippen molar-refractivity contribution < 1.29 is 8.83 Å². The van der Waals surface area contributed by atoms with Gasteiger partial charge >= 0.3 is 0 Å². The van der Waals surface area contributed by atoms with Crippen LogP contribution in [0.25, 0.3) is 137 Å². The Morgan fingerprint density at radius 1 is 0.246 bits per heavy atom. The highest BCUT2D eigenvalue weighted by Crippen LogP contribution is 2.47. The predicted molar refractivity (Wildman–Crippen MR) is 269 cm³/mol. The van der Waals surface area contributed by atoms with Gasteiger partial charge in [-0.25, -0.2) is 0 Å². The van der Waals surface area contributed by atoms with Crippen LogP contribution in [0.15, 0.2) is 221 Å². The maximum Gasteiger partial charge on any atom is 0.135 e. The van der Waals surface area contributed by atoms with Gasteiger partial charge in [-0.15, -0.1) is 0 Å². The molecule has 0 fully saturated rings. The molecule has 15 rings (SSSR count). The van der Waals surface area contributed by atoms with Crippen molar-refractivity contribution in [2.45, 2.75) is 0 Å². The molecule has 0 saturated carbocycles. The number of hydrogen-bond acceptors (Lipinski definition) is 2. The average molecular weight is 830 g/mol. The van der Waals surface area contributed by atoms with E-state index in [9.17, 15) is 0 Å². The van der Waals surface area contributed by atoms with Crippen LogP contribution >= 0.6 is 0 Å². The van der Waals surface area contributed by atoms with E-state index in [1.807, 2.05) is 24.3 Å². The van der Waals surface area contributed by atoms with Crippen LogP contribution in [0.1, 0.15) is 0 Å². The summed E-state index contributed by atoms with van der Waals surface area (Å²) in [6, 6.07) is 76.7. The van der Waals surface area contributed by atoms with Crippen molar-refractivity contribution in [1.82, 2.24) is 13.7 Å². The van der Waals surface area contributed by atoms with Gasteiger partial charge in [0, 0.05) is 70.9 Å². The molecule has 302 valence electrons. The molecule has 0 amide bonds. The fourth-order valence-corrected chi connectivity index (χ4v) is 11.1. The molecule has 0 saturated heterocycles. The first-order valence-electron chi connectivity index (χ1n) is 22.2. The van der Waals surface area contributed by atoms with Crippen molar-refractivity contribution in [2.24, 2.45) is 0 Å². The molecule has 0 unspecified atom stereocenters. The Labute approximate surface area is 370 Å². The zero-order valence-electron chi connectivity index (χ0n) is 34.9. The zero-order valence-corrected chi connectivity index (χ0v) is 34.9. The SMILES string of the molecule is c1ccc(-n2c3c(ccc4c3c3ccccc3n4-c3cccc(-c4ccc5oc6ccccc6c5c4)c3)c3ccc4c(c5ccccc5n4-c4ccc5oc6ccccc6c5c4)c32)cc1. The summed E-state index contributed by atoms with van der Waals surface area (Å²) >= 11 is 0. The second-order valence-corrected chi connectivity index (χ2v) is 17.2. The molecule has 5 heteroatoms. The van der Waals surface area contributed by atoms with Crippen LogP contribution in [0.2, 0.25) is 0 Å². The van der Waals surface area contributed by atoms with Gasteiger partial charge in [-0.3, -0.25) is 0 Å². The number of hydrogen-bond donors (Lipinski definition) is 0. The lowest BCUT2D eigenvalue weighted by Crippen LogP contribution is -1.96. The van der Waals surface area contributed by atoms with E-state index in [1.54, 1.807) is 0 Å². The molecule has 0 radical (unpaired) electrons. The van der Waals surface area contributed by atoms with Gasteiger partial charge in [0.05, 0.1) is 33.1 Å². The van der Waals surface area contributed by atoms with Crippen molar-refractivity contribution in [2.75, 3.05) is 0 Å². The van der Waals surface area contributed by atoms with Crippen LogP contribution < -0.4 is 0 Å². The van der Waals surface area contributed by atoms with Gasteiger partial charge in [0.15, 0.2) is 0 Å². The third kappa shape index (κ3) is 4.76. The number of fused-ring (bicyclic) bond motifs is 17. The lowest BCUT2D eigenvalue weighted by atomic mass is 10.0. The van der Waals surface area contributed by atoms with Gasteiger partial charge in [0.25, 0.3) is 0 Å². The number of benzene rings is 10. The summed E-state index contributed by atoms with van der Waals surface area (Å²) in [7, 11) is 0. The minimum Gasteiger partial charge on any atom is -0.456 e. The second kappa shape index (κ2) is 12.9. The van der Waals surface area contributed by atoms with Crippen LogP contribution in [0.4, 0.5) is 0 Å². The number of aromatic nitrogens is 3. The topological polar surface area (TPSA) is 41.1 Å². The van der Waals surface area contributed by atoms with Gasteiger partial charge in [0.1, 0.15) is 22.3 Å². The number of para-hydroxylation sites is 5. The van der Waals surface area contributed by atoms with E-state index < -0.39 is 0 Å². The molecule has 15 aromatic rings. The summed E-state index contributed by atoms with van der Waals surface area (Å²) in [6.07, 6.45) is 0. The highest BCUT2D eigenvalue weighted by Gasteiger charge is 2.25. The Balaban J connectivity index is 1.02. The van der Waals surface area contributed by atoms with Gasteiger partial charge in [0.2, 0.25) is 0 Å². The summed E-state index contributed by atoms with van der Waals surface area (Å²) < 4.78 is 19.9. The minimum absolute atomic E-state index is 0.890. The number of rotatable bonds is 4. The van der Waals surface area contributed by atoms with E-state index >= 15 is 0 Å². The fourth-order valence-electron chi connectivity index (χ4n) is 11.1. The van der Waals surface area contributed by atoms with Crippen molar-refractivity contribution in [1.29, 1.82) is 0 Å². The average Bonchev–Trinajstić information content (AvgIpc) is 4.17. The first kappa shape index (κ1) is 34.7. The first-order valence-corrected chi connectivity index (χ1v) is 22.2. The van der Waals surface area contributed by atoms with Crippen molar-refractivity contribution in [3.63, 3.8) is 0 Å². The first-order chi connectivity index (χ1) is 32.2. The molecule has 10 aromatic carbocycles. The van der Waals surface area contributed by atoms with Crippen LogP contribution in [-0.2, 0) is 0 Å². The standard InChI is InChI=1S/C60H35N3O2/c1-2-14-38(15-3-1)63-59-43(44-28-30-52-58(60(44)63)46-20-5-9-22-50(46)62(52)40-26-32-56-48(35-40)42-18-7-11-24-54(42)65-56)27-29-51-57(59)45-19-4-8-21-49(45)61(51)39-16-12-13-36(33-39)37-25-31-55-47(34-37)41-17-6-10-23-53(41)64-55/h1-35H. The molecule has 0 N–H and O–H groups in total. The number of nitrogens with zero attached hydrogens (tertiary/aromatic N) is 3. The van der Waals surface area contributed by atoms with Crippen molar-refractivity contribution >= 4 is 109 Å². The van der Waals surface area contributed by atoms with Crippen LogP contribution in [-0.4, -0.2) is 13.7 Å². The normalized spacial score (nSPS) is 12.3. The van der Waals surface area contributed by atoms with Crippen LogP contribution in [0, 0.1) is 0 Å². The molecule has 65 heavy (non-hydrogen) atoms. The lowest BCUT2D eigenvalue weighted by molar-refractivity contribution is 0.668. The van der Waals surface area contributed by atoms with E-state index in [2.05, 4.69) is 202 Å². The second-order valence-electron chi connectivity index (χ2n) is 17.2. The maximum absolute atomic E-state index is 6.28. The lowest BCUT2D eigenvalue weighted by Gasteiger charge is -2.12. The summed E-state index contributed by atoms with van der Waals surface area (Å²) in [5.74, 6) is 0. The molecule has 0 bridgehead atoms. The highest BCUT2D eigenvalue weighted by atomic mass is 16.3. The summed E-state index contributed by atoms with van der Waals surface area (Å²) in [6.45, 7) is 0. The molecule has 0 aliphatic carbocycles. The minimum atomic E-state index is 0.890. The van der Waals surface area contributed by atoms with E-state index in [1.165, 1.54) is 43.4 Å². The summed E-state index contributed by atoms with van der Waals surface area (Å²) in [5, 5.41) is 11.8. The Kier molecular flexibility index (Phi) is 6.89. The Bertz CT molecular complexity index is 4480. The molecule has 5 aromatic heterocycles. The molecule has 0 atom stereocenters. The summed E-state index contributed by atoms with van der Waals surface area (Å²) in [4.78, 5) is 0. The maximum atomic E-state index is 6.28. The third-order valence-corrected chi connectivity index (χ3v) is 13.8. The molecule has 5 heterocycles. The monoisotopic (exact) mass is 829 g/mol. The Morgan fingerprint density at radius 2 is 0.723 bits per heavy atom. The molecule has 5 nitrogen and oxygen atoms in total. The Morgan fingerprint density at radius 3 is 1.35 bits per heavy atom. The summed E-state index contributed by atoms with van der Waals surface area (Å²) in [5.41, 5.74) is 16.3. The van der Waals surface area contributed by atoms with E-state index in [-0.39, 0.29) is 0 Å². The van der Waals surface area contributed by atoms with Crippen LogP contribution in [0.5, 0.6) is 0 Å². The quantitative estimate of drug-likeness (QED) is 0.177. The van der Waals surface area contributed by atoms with Crippen molar-refractivity contribution in [3.05, 3.63) is 212 Å². The molecule has 0 aliphatic rings. The van der Waals surface area contributed by atoms with Crippen molar-refractivity contribution in [3.8, 4) is 28.2 Å². The molecule has 0 aliphatic heterocycles. The molecular formula is C60H35N3O2. The molecule has 0 spiro atoms. The van der Waals surface area contributed by atoms with Gasteiger partial charge in [-0.2, -0.15) is 0 Å². The highest BCUT2D eigenvalue weighted by molar-refractivity contribution is 6.31. The van der Waals surface area contributed by atoms with Gasteiger partial charge in [-0.1, -0.05) is 121 Å². The van der Waals surface area contributed by atoms with Gasteiger partial charge < -0.3 is 22.5 Å². The zero-order chi connectivity index (χ0) is 42.3. The predicted octanol–water partition coefficient (Wildman–Crippen LogP) is 16.4. The van der Waals surface area contributed by atoms with E-state index in [4.69, 9.17) is 8.83 Å². The fraction of sp³-hybridized carbons (Fsp3) is 0.